The first-order valence-corrected chi connectivity index (χ1v) is 15.1. The Morgan fingerprint density at radius 3 is 2.14 bits per heavy atom. The van der Waals surface area contributed by atoms with Crippen LogP contribution in [0.15, 0.2) is 71.1 Å². The minimum atomic E-state index is -0.869. The summed E-state index contributed by atoms with van der Waals surface area (Å²) in [5.41, 5.74) is 6.03. The van der Waals surface area contributed by atoms with Gasteiger partial charge in [0.1, 0.15) is 11.5 Å². The van der Waals surface area contributed by atoms with E-state index < -0.39 is 5.97 Å². The second kappa shape index (κ2) is 13.5. The predicted octanol–water partition coefficient (Wildman–Crippen LogP) is 7.81. The van der Waals surface area contributed by atoms with Gasteiger partial charge in [-0.05, 0) is 82.8 Å². The summed E-state index contributed by atoms with van der Waals surface area (Å²) in [6, 6.07) is 21.5. The number of ether oxygens (including phenoxy) is 1. The lowest BCUT2D eigenvalue weighted by Gasteiger charge is -2.26. The highest BCUT2D eigenvalue weighted by Gasteiger charge is 2.22. The van der Waals surface area contributed by atoms with Crippen LogP contribution in [0.3, 0.4) is 0 Å². The molecule has 0 atom stereocenters. The molecule has 0 aliphatic heterocycles. The highest BCUT2D eigenvalue weighted by Crippen LogP contribution is 2.30. The third kappa shape index (κ3) is 8.59. The molecular weight excluding hydrogens is 552 g/mol. The third-order valence-corrected chi connectivity index (χ3v) is 7.67. The number of nitrogens with one attached hydrogen (secondary N) is 1. The van der Waals surface area contributed by atoms with E-state index in [2.05, 4.69) is 57.9 Å². The van der Waals surface area contributed by atoms with Gasteiger partial charge < -0.3 is 19.6 Å². The van der Waals surface area contributed by atoms with Gasteiger partial charge in [-0.15, -0.1) is 0 Å². The van der Waals surface area contributed by atoms with Crippen molar-refractivity contribution >= 4 is 11.9 Å². The molecule has 0 radical (unpaired) electrons. The maximum Gasteiger partial charge on any atom is 0.303 e. The number of carbonyl (C=O) groups is 2. The Labute approximate surface area is 260 Å². The molecule has 0 spiro atoms. The zero-order valence-corrected chi connectivity index (χ0v) is 26.9. The molecule has 0 aliphatic carbocycles. The third-order valence-electron chi connectivity index (χ3n) is 7.67. The van der Waals surface area contributed by atoms with E-state index in [1.807, 2.05) is 67.6 Å². The van der Waals surface area contributed by atoms with E-state index in [-0.39, 0.29) is 29.7 Å². The van der Waals surface area contributed by atoms with E-state index in [1.54, 1.807) is 0 Å². The second-order valence-corrected chi connectivity index (χ2v) is 13.3. The number of aliphatic carboxylic acids is 1. The van der Waals surface area contributed by atoms with Gasteiger partial charge in [-0.3, -0.25) is 9.59 Å². The monoisotopic (exact) mass is 596 g/mol. The average molecular weight is 597 g/mol. The molecule has 232 valence electrons. The lowest BCUT2D eigenvalue weighted by atomic mass is 9.79. The Balaban J connectivity index is 1.49. The van der Waals surface area contributed by atoms with Crippen LogP contribution in [-0.4, -0.2) is 28.6 Å². The van der Waals surface area contributed by atoms with Gasteiger partial charge >= 0.3 is 5.97 Å². The predicted molar refractivity (Wildman–Crippen MR) is 173 cm³/mol. The Bertz CT molecular complexity index is 1580. The molecule has 0 saturated carbocycles. The number of rotatable bonds is 11. The van der Waals surface area contributed by atoms with Gasteiger partial charge in [0, 0.05) is 30.5 Å². The van der Waals surface area contributed by atoms with E-state index in [4.69, 9.17) is 9.15 Å². The van der Waals surface area contributed by atoms with Gasteiger partial charge in [0.05, 0.1) is 12.3 Å². The van der Waals surface area contributed by atoms with Crippen molar-refractivity contribution in [1.82, 2.24) is 10.3 Å². The Morgan fingerprint density at radius 2 is 1.52 bits per heavy atom. The fraction of sp³-hybridized carbons (Fsp3) is 0.378. The number of amides is 1. The van der Waals surface area contributed by atoms with Crippen LogP contribution in [-0.2, 0) is 35.0 Å². The number of carboxylic acids is 1. The molecule has 1 heterocycles. The summed E-state index contributed by atoms with van der Waals surface area (Å²) in [5.74, 6) is 0.939. The molecule has 1 aromatic heterocycles. The smallest absolute Gasteiger partial charge is 0.303 e. The van der Waals surface area contributed by atoms with Crippen molar-refractivity contribution in [2.75, 3.05) is 6.61 Å². The summed E-state index contributed by atoms with van der Waals surface area (Å²) in [6.07, 6.45) is 0.920. The van der Waals surface area contributed by atoms with Crippen LogP contribution in [0.1, 0.15) is 92.0 Å². The number of nitrogens with zero attached hydrogens (tertiary/aromatic N) is 1. The molecule has 4 aromatic rings. The number of carboxylic acid groups (broad SMARTS) is 1. The van der Waals surface area contributed by atoms with Crippen molar-refractivity contribution in [1.29, 1.82) is 0 Å². The first-order chi connectivity index (χ1) is 20.7. The van der Waals surface area contributed by atoms with E-state index in [0.29, 0.717) is 36.7 Å². The van der Waals surface area contributed by atoms with Crippen molar-refractivity contribution in [3.05, 3.63) is 106 Å². The van der Waals surface area contributed by atoms with Crippen LogP contribution in [0.2, 0.25) is 0 Å². The molecule has 7 nitrogen and oxygen atoms in total. The SMILES string of the molecule is Cc1oc(-c2ccccc2)nc1CCOc1ccc(CCC(=O)O)c(CNC(=O)c2cc(C(C)(C)C)cc(C(C)(C)C)c2)c1. The highest BCUT2D eigenvalue weighted by molar-refractivity contribution is 5.94. The topological polar surface area (TPSA) is 102 Å². The molecule has 0 saturated heterocycles. The highest BCUT2D eigenvalue weighted by atomic mass is 16.5. The van der Waals surface area contributed by atoms with Crippen LogP contribution in [0.25, 0.3) is 11.5 Å². The lowest BCUT2D eigenvalue weighted by Crippen LogP contribution is -2.25. The van der Waals surface area contributed by atoms with E-state index in [0.717, 1.165) is 39.3 Å². The normalized spacial score (nSPS) is 11.8. The van der Waals surface area contributed by atoms with Crippen molar-refractivity contribution in [2.45, 2.75) is 85.1 Å². The van der Waals surface area contributed by atoms with E-state index in [1.165, 1.54) is 0 Å². The molecule has 0 fully saturated rings. The minimum Gasteiger partial charge on any atom is -0.493 e. The maximum absolute atomic E-state index is 13.5. The fourth-order valence-corrected chi connectivity index (χ4v) is 4.87. The summed E-state index contributed by atoms with van der Waals surface area (Å²) in [6.45, 7) is 15.4. The summed E-state index contributed by atoms with van der Waals surface area (Å²) in [7, 11) is 0. The summed E-state index contributed by atoms with van der Waals surface area (Å²) < 4.78 is 12.0. The van der Waals surface area contributed by atoms with Gasteiger partial charge in [-0.1, -0.05) is 71.9 Å². The summed E-state index contributed by atoms with van der Waals surface area (Å²) >= 11 is 0. The minimum absolute atomic E-state index is 0.00109. The first kappa shape index (κ1) is 32.5. The van der Waals surface area contributed by atoms with E-state index in [9.17, 15) is 14.7 Å². The molecule has 1 amide bonds. The Hall–Kier alpha value is -4.39. The molecule has 4 rings (SSSR count). The van der Waals surface area contributed by atoms with Crippen LogP contribution in [0.4, 0.5) is 0 Å². The van der Waals surface area contributed by atoms with Gasteiger partial charge in [-0.2, -0.15) is 0 Å². The number of benzene rings is 3. The number of aromatic nitrogens is 1. The van der Waals surface area contributed by atoms with Crippen molar-refractivity contribution < 1.29 is 23.8 Å². The zero-order chi connectivity index (χ0) is 32.1. The molecule has 2 N–H and O–H groups in total. The Kier molecular flexibility index (Phi) is 9.98. The van der Waals surface area contributed by atoms with Crippen LogP contribution in [0, 0.1) is 6.92 Å². The number of hydrogen-bond acceptors (Lipinski definition) is 5. The molecule has 0 unspecified atom stereocenters. The fourth-order valence-electron chi connectivity index (χ4n) is 4.87. The van der Waals surface area contributed by atoms with Gasteiger partial charge in [-0.25, -0.2) is 4.98 Å². The zero-order valence-electron chi connectivity index (χ0n) is 26.9. The number of hydrogen-bond donors (Lipinski definition) is 2. The first-order valence-electron chi connectivity index (χ1n) is 15.1. The maximum atomic E-state index is 13.5. The van der Waals surface area contributed by atoms with Crippen LogP contribution in [0.5, 0.6) is 5.75 Å². The van der Waals surface area contributed by atoms with Crippen LogP contribution >= 0.6 is 0 Å². The molecule has 44 heavy (non-hydrogen) atoms. The van der Waals surface area contributed by atoms with Crippen molar-refractivity contribution in [2.24, 2.45) is 0 Å². The van der Waals surface area contributed by atoms with Crippen LogP contribution < -0.4 is 10.1 Å². The lowest BCUT2D eigenvalue weighted by molar-refractivity contribution is -0.136. The standard InChI is InChI=1S/C37H44N2O5/c1-24-32(39-35(44-24)26-11-9-8-10-12-26)17-18-43-31-15-13-25(14-16-33(40)41)28(21-31)23-38-34(42)27-19-29(36(2,3)4)22-30(20-27)37(5,6)7/h8-13,15,19-22H,14,16-18,23H2,1-7H3,(H,38,42)(H,40,41). The van der Waals surface area contributed by atoms with E-state index >= 15 is 0 Å². The quantitative estimate of drug-likeness (QED) is 0.183. The average Bonchev–Trinajstić information content (AvgIpc) is 3.34. The largest absolute Gasteiger partial charge is 0.493 e. The van der Waals surface area contributed by atoms with Crippen molar-refractivity contribution in [3.63, 3.8) is 0 Å². The molecule has 0 bridgehead atoms. The molecule has 7 heteroatoms. The number of carbonyl (C=O) groups excluding carboxylic acids is 1. The molecule has 3 aromatic carbocycles. The Morgan fingerprint density at radius 1 is 0.864 bits per heavy atom. The molecule has 0 aliphatic rings. The molecular formula is C37H44N2O5. The van der Waals surface area contributed by atoms with Gasteiger partial charge in [0.15, 0.2) is 0 Å². The summed E-state index contributed by atoms with van der Waals surface area (Å²) in [4.78, 5) is 29.4. The van der Waals surface area contributed by atoms with Crippen molar-refractivity contribution in [3.8, 4) is 17.2 Å². The number of aryl methyl sites for hydroxylation is 2. The van der Waals surface area contributed by atoms with Gasteiger partial charge in [0.2, 0.25) is 5.89 Å². The number of oxazole rings is 1. The second-order valence-electron chi connectivity index (χ2n) is 13.3. The summed E-state index contributed by atoms with van der Waals surface area (Å²) in [5, 5.41) is 12.4. The van der Waals surface area contributed by atoms with Gasteiger partial charge in [0.25, 0.3) is 5.91 Å².